The summed E-state index contributed by atoms with van der Waals surface area (Å²) < 4.78 is 10.00. The van der Waals surface area contributed by atoms with E-state index in [1.54, 1.807) is 20.8 Å². The third kappa shape index (κ3) is 5.45. The third-order valence-electron chi connectivity index (χ3n) is 3.15. The average Bonchev–Trinajstić information content (AvgIpc) is 2.38. The van der Waals surface area contributed by atoms with Crippen LogP contribution in [0.1, 0.15) is 53.9 Å². The quantitative estimate of drug-likeness (QED) is 0.386. The van der Waals surface area contributed by atoms with E-state index in [1.165, 1.54) is 5.57 Å². The average molecular weight is 270 g/mol. The highest BCUT2D eigenvalue weighted by atomic mass is 16.6. The number of carbonyl (C=O) groups excluding carboxylic acids is 2. The van der Waals surface area contributed by atoms with Crippen molar-refractivity contribution in [3.63, 3.8) is 0 Å². The molecule has 0 aliphatic heterocycles. The van der Waals surface area contributed by atoms with E-state index in [2.05, 4.69) is 13.0 Å². The number of rotatable bonds is 8. The number of allylic oxidation sites excluding steroid dienone is 2. The molecule has 0 rings (SSSR count). The van der Waals surface area contributed by atoms with Gasteiger partial charge in [0.15, 0.2) is 5.41 Å². The van der Waals surface area contributed by atoms with Crippen LogP contribution in [0.5, 0.6) is 0 Å². The summed E-state index contributed by atoms with van der Waals surface area (Å²) in [6.45, 7) is 9.68. The summed E-state index contributed by atoms with van der Waals surface area (Å²) in [5, 5.41) is 0. The molecule has 0 amide bonds. The molecule has 0 fully saturated rings. The lowest BCUT2D eigenvalue weighted by Gasteiger charge is -2.24. The lowest BCUT2D eigenvalue weighted by Crippen LogP contribution is -2.39. The lowest BCUT2D eigenvalue weighted by atomic mass is 9.85. The highest BCUT2D eigenvalue weighted by Gasteiger charge is 2.43. The molecular formula is C15H26O4. The van der Waals surface area contributed by atoms with Gasteiger partial charge in [-0.05, 0) is 47.0 Å². The highest BCUT2D eigenvalue weighted by Crippen LogP contribution is 2.28. The van der Waals surface area contributed by atoms with E-state index in [9.17, 15) is 9.59 Å². The van der Waals surface area contributed by atoms with Crippen molar-refractivity contribution in [2.75, 3.05) is 13.2 Å². The maximum absolute atomic E-state index is 12.0. The predicted octanol–water partition coefficient (Wildman–Crippen LogP) is 3.26. The van der Waals surface area contributed by atoms with Crippen LogP contribution in [0.2, 0.25) is 0 Å². The van der Waals surface area contributed by atoms with E-state index in [-0.39, 0.29) is 13.2 Å². The van der Waals surface area contributed by atoms with Crippen molar-refractivity contribution < 1.29 is 19.1 Å². The molecule has 0 atom stereocenters. The van der Waals surface area contributed by atoms with Crippen LogP contribution < -0.4 is 0 Å². The Morgan fingerprint density at radius 1 is 1.05 bits per heavy atom. The fourth-order valence-corrected chi connectivity index (χ4v) is 1.62. The van der Waals surface area contributed by atoms with Crippen LogP contribution in [-0.4, -0.2) is 25.2 Å². The molecule has 0 saturated heterocycles. The summed E-state index contributed by atoms with van der Waals surface area (Å²) in [5.41, 5.74) is 0.0337. The third-order valence-corrected chi connectivity index (χ3v) is 3.15. The monoisotopic (exact) mass is 270 g/mol. The number of esters is 2. The van der Waals surface area contributed by atoms with Gasteiger partial charge < -0.3 is 9.47 Å². The first-order chi connectivity index (χ1) is 8.92. The van der Waals surface area contributed by atoms with E-state index in [4.69, 9.17) is 9.47 Å². The molecule has 0 aromatic rings. The standard InChI is InChI=1S/C15H26O4/c1-6-12(4)10-9-11-15(5,13(16)18-7-2)14(17)19-8-3/h10H,6-9,11H2,1-5H3. The van der Waals surface area contributed by atoms with Crippen LogP contribution in [0.25, 0.3) is 0 Å². The first-order valence-corrected chi connectivity index (χ1v) is 6.92. The Morgan fingerprint density at radius 3 is 1.89 bits per heavy atom. The smallest absolute Gasteiger partial charge is 0.323 e. The predicted molar refractivity (Wildman–Crippen MR) is 74.7 cm³/mol. The van der Waals surface area contributed by atoms with E-state index in [0.717, 1.165) is 6.42 Å². The van der Waals surface area contributed by atoms with Crippen molar-refractivity contribution in [1.82, 2.24) is 0 Å². The zero-order valence-electron chi connectivity index (χ0n) is 12.7. The Morgan fingerprint density at radius 2 is 1.53 bits per heavy atom. The summed E-state index contributed by atoms with van der Waals surface area (Å²) >= 11 is 0. The minimum Gasteiger partial charge on any atom is -0.465 e. The Bertz CT molecular complexity index is 313. The molecule has 0 aliphatic rings. The molecule has 0 N–H and O–H groups in total. The van der Waals surface area contributed by atoms with Crippen molar-refractivity contribution in [2.24, 2.45) is 5.41 Å². The van der Waals surface area contributed by atoms with Gasteiger partial charge in [0.25, 0.3) is 0 Å². The molecular weight excluding hydrogens is 244 g/mol. The van der Waals surface area contributed by atoms with Gasteiger partial charge in [0, 0.05) is 0 Å². The zero-order chi connectivity index (χ0) is 14.9. The van der Waals surface area contributed by atoms with Gasteiger partial charge in [0.1, 0.15) is 0 Å². The second-order valence-corrected chi connectivity index (χ2v) is 4.72. The second-order valence-electron chi connectivity index (χ2n) is 4.72. The fraction of sp³-hybridized carbons (Fsp3) is 0.733. The van der Waals surface area contributed by atoms with Crippen molar-refractivity contribution in [3.05, 3.63) is 11.6 Å². The Labute approximate surface area is 116 Å². The van der Waals surface area contributed by atoms with E-state index in [0.29, 0.717) is 12.8 Å². The van der Waals surface area contributed by atoms with Crippen LogP contribution in [0.4, 0.5) is 0 Å². The summed E-state index contributed by atoms with van der Waals surface area (Å²) in [5.74, 6) is -1.01. The molecule has 0 aromatic heterocycles. The molecule has 19 heavy (non-hydrogen) atoms. The molecule has 0 aliphatic carbocycles. The molecule has 0 aromatic carbocycles. The van der Waals surface area contributed by atoms with Gasteiger partial charge in [0.05, 0.1) is 13.2 Å². The molecule has 4 heteroatoms. The molecule has 0 saturated carbocycles. The van der Waals surface area contributed by atoms with Gasteiger partial charge in [-0.3, -0.25) is 9.59 Å². The molecule has 4 nitrogen and oxygen atoms in total. The summed E-state index contributed by atoms with van der Waals surface area (Å²) in [7, 11) is 0. The first kappa shape index (κ1) is 17.7. The minimum absolute atomic E-state index is 0.262. The number of hydrogen-bond donors (Lipinski definition) is 0. The lowest BCUT2D eigenvalue weighted by molar-refractivity contribution is -0.171. The molecule has 0 spiro atoms. The fourth-order valence-electron chi connectivity index (χ4n) is 1.62. The SMILES string of the molecule is CCOC(=O)C(C)(CCC=C(C)CC)C(=O)OCC. The molecule has 0 unspecified atom stereocenters. The Kier molecular flexibility index (Phi) is 8.12. The van der Waals surface area contributed by atoms with Gasteiger partial charge in [-0.2, -0.15) is 0 Å². The van der Waals surface area contributed by atoms with Gasteiger partial charge in [0.2, 0.25) is 0 Å². The summed E-state index contributed by atoms with van der Waals surface area (Å²) in [6, 6.07) is 0. The zero-order valence-corrected chi connectivity index (χ0v) is 12.7. The number of carbonyl (C=O) groups is 2. The van der Waals surface area contributed by atoms with Gasteiger partial charge in [-0.1, -0.05) is 18.6 Å². The van der Waals surface area contributed by atoms with Crippen molar-refractivity contribution >= 4 is 11.9 Å². The largest absolute Gasteiger partial charge is 0.465 e. The van der Waals surface area contributed by atoms with E-state index >= 15 is 0 Å². The number of ether oxygens (including phenoxy) is 2. The number of hydrogen-bond acceptors (Lipinski definition) is 4. The summed E-state index contributed by atoms with van der Waals surface area (Å²) in [6.07, 6.45) is 4.09. The molecule has 110 valence electrons. The van der Waals surface area contributed by atoms with Crippen LogP contribution in [0.3, 0.4) is 0 Å². The Balaban J connectivity index is 4.85. The van der Waals surface area contributed by atoms with Gasteiger partial charge in [-0.15, -0.1) is 0 Å². The highest BCUT2D eigenvalue weighted by molar-refractivity contribution is 5.99. The molecule has 0 heterocycles. The normalized spacial score (nSPS) is 12.2. The molecule has 0 bridgehead atoms. The topological polar surface area (TPSA) is 52.6 Å². The minimum atomic E-state index is -1.21. The van der Waals surface area contributed by atoms with Gasteiger partial charge >= 0.3 is 11.9 Å². The summed E-state index contributed by atoms with van der Waals surface area (Å²) in [4.78, 5) is 24.0. The first-order valence-electron chi connectivity index (χ1n) is 6.92. The maximum atomic E-state index is 12.0. The van der Waals surface area contributed by atoms with E-state index in [1.807, 2.05) is 6.92 Å². The second kappa shape index (κ2) is 8.73. The van der Waals surface area contributed by atoms with Gasteiger partial charge in [-0.25, -0.2) is 0 Å². The maximum Gasteiger partial charge on any atom is 0.323 e. The Hall–Kier alpha value is -1.32. The van der Waals surface area contributed by atoms with Crippen LogP contribution in [0.15, 0.2) is 11.6 Å². The van der Waals surface area contributed by atoms with Crippen molar-refractivity contribution in [3.8, 4) is 0 Å². The van der Waals surface area contributed by atoms with Crippen molar-refractivity contribution in [2.45, 2.75) is 53.9 Å². The van der Waals surface area contributed by atoms with E-state index < -0.39 is 17.4 Å². The van der Waals surface area contributed by atoms with Crippen LogP contribution in [0, 0.1) is 5.41 Å². The van der Waals surface area contributed by atoms with Crippen LogP contribution in [-0.2, 0) is 19.1 Å². The van der Waals surface area contributed by atoms with Crippen molar-refractivity contribution in [1.29, 1.82) is 0 Å². The molecule has 0 radical (unpaired) electrons. The van der Waals surface area contributed by atoms with Crippen LogP contribution >= 0.6 is 0 Å².